The van der Waals surface area contributed by atoms with Crippen molar-refractivity contribution in [3.8, 4) is 0 Å². The molecule has 6 heteroatoms. The number of rotatable bonds is 7. The average molecular weight is 288 g/mol. The summed E-state index contributed by atoms with van der Waals surface area (Å²) in [4.78, 5) is 4.30. The summed E-state index contributed by atoms with van der Waals surface area (Å²) < 4.78 is 22.0. The van der Waals surface area contributed by atoms with E-state index >= 15 is 0 Å². The van der Waals surface area contributed by atoms with Gasteiger partial charge in [-0.05, 0) is 24.5 Å². The smallest absolute Gasteiger partial charge is 0.148 e. The van der Waals surface area contributed by atoms with Gasteiger partial charge in [0.2, 0.25) is 0 Å². The molecule has 1 aromatic heterocycles. The third kappa shape index (κ3) is 6.37. The maximum atomic E-state index is 11.0. The lowest BCUT2D eigenvalue weighted by Gasteiger charge is -2.08. The Morgan fingerprint density at radius 2 is 2.17 bits per heavy atom. The summed E-state index contributed by atoms with van der Waals surface area (Å²) >= 11 is 1.46. The van der Waals surface area contributed by atoms with Crippen LogP contribution in [0.15, 0.2) is 23.4 Å². The van der Waals surface area contributed by atoms with Crippen molar-refractivity contribution in [3.63, 3.8) is 0 Å². The first-order valence-electron chi connectivity index (χ1n) is 5.91. The molecule has 1 atom stereocenters. The molecule has 0 saturated carbocycles. The van der Waals surface area contributed by atoms with Gasteiger partial charge in [-0.3, -0.25) is 0 Å². The lowest BCUT2D eigenvalue weighted by Crippen LogP contribution is -2.21. The Labute approximate surface area is 113 Å². The fourth-order valence-electron chi connectivity index (χ4n) is 1.36. The summed E-state index contributed by atoms with van der Waals surface area (Å²) in [6.07, 6.45) is 4.84. The molecule has 0 bridgehead atoms. The fraction of sp³-hybridized carbons (Fsp3) is 0.583. The van der Waals surface area contributed by atoms with Crippen molar-refractivity contribution in [2.75, 3.05) is 17.8 Å². The Balaban J connectivity index is 2.45. The van der Waals surface area contributed by atoms with Crippen molar-refractivity contribution in [3.05, 3.63) is 23.9 Å². The Hall–Kier alpha value is -0.590. The van der Waals surface area contributed by atoms with E-state index in [2.05, 4.69) is 11.9 Å². The zero-order valence-corrected chi connectivity index (χ0v) is 12.4. The monoisotopic (exact) mass is 288 g/mol. The Morgan fingerprint density at radius 1 is 1.44 bits per heavy atom. The summed E-state index contributed by atoms with van der Waals surface area (Å²) in [5.74, 6) is 0.724. The van der Waals surface area contributed by atoms with E-state index in [1.165, 1.54) is 18.0 Å². The molecule has 0 aliphatic rings. The zero-order valence-electron chi connectivity index (χ0n) is 10.8. The highest BCUT2D eigenvalue weighted by molar-refractivity contribution is 8.00. The second-order valence-corrected chi connectivity index (χ2v) is 7.73. The van der Waals surface area contributed by atoms with E-state index in [4.69, 9.17) is 5.73 Å². The van der Waals surface area contributed by atoms with Gasteiger partial charge in [-0.2, -0.15) is 0 Å². The second kappa shape index (κ2) is 7.11. The van der Waals surface area contributed by atoms with Crippen LogP contribution in [-0.2, 0) is 16.3 Å². The standard InChI is InChI=1S/C12H20N2O2S2/c1-3-11(13)8-10-4-5-12(14-9-10)17-6-7-18(2,15)16/h4-5,9,11H,3,6-8,13H2,1-2H3. The molecule has 102 valence electrons. The molecule has 0 radical (unpaired) electrons. The topological polar surface area (TPSA) is 73.1 Å². The molecular weight excluding hydrogens is 268 g/mol. The highest BCUT2D eigenvalue weighted by Crippen LogP contribution is 2.16. The molecular formula is C12H20N2O2S2. The molecule has 1 aromatic rings. The Morgan fingerprint density at radius 3 is 2.67 bits per heavy atom. The first kappa shape index (κ1) is 15.5. The van der Waals surface area contributed by atoms with Crippen LogP contribution in [0.1, 0.15) is 18.9 Å². The van der Waals surface area contributed by atoms with Crippen LogP contribution in [0.5, 0.6) is 0 Å². The van der Waals surface area contributed by atoms with Gasteiger partial charge in [-0.1, -0.05) is 13.0 Å². The second-order valence-electron chi connectivity index (χ2n) is 4.36. The number of hydrogen-bond donors (Lipinski definition) is 1. The molecule has 1 rings (SSSR count). The number of thioether (sulfide) groups is 1. The summed E-state index contributed by atoms with van der Waals surface area (Å²) in [5, 5.41) is 0.854. The van der Waals surface area contributed by atoms with Crippen molar-refractivity contribution in [2.45, 2.75) is 30.8 Å². The average Bonchev–Trinajstić information content (AvgIpc) is 2.29. The van der Waals surface area contributed by atoms with Crippen molar-refractivity contribution in [1.29, 1.82) is 0 Å². The first-order valence-corrected chi connectivity index (χ1v) is 8.96. The van der Waals surface area contributed by atoms with E-state index in [1.54, 1.807) is 0 Å². The number of hydrogen-bond acceptors (Lipinski definition) is 5. The number of sulfone groups is 1. The van der Waals surface area contributed by atoms with Crippen molar-refractivity contribution in [2.24, 2.45) is 5.73 Å². The Kier molecular flexibility index (Phi) is 6.11. The van der Waals surface area contributed by atoms with Gasteiger partial charge < -0.3 is 5.73 Å². The van der Waals surface area contributed by atoms with Crippen molar-refractivity contribution < 1.29 is 8.42 Å². The van der Waals surface area contributed by atoms with E-state index in [1.807, 2.05) is 18.3 Å². The molecule has 1 heterocycles. The van der Waals surface area contributed by atoms with Crippen LogP contribution in [0.4, 0.5) is 0 Å². The largest absolute Gasteiger partial charge is 0.327 e. The Bertz CT molecular complexity index is 457. The molecule has 0 fully saturated rings. The molecule has 0 saturated heterocycles. The quantitative estimate of drug-likeness (QED) is 0.770. The highest BCUT2D eigenvalue weighted by Gasteiger charge is 2.05. The molecule has 18 heavy (non-hydrogen) atoms. The fourth-order valence-corrected chi connectivity index (χ4v) is 3.41. The maximum absolute atomic E-state index is 11.0. The van der Waals surface area contributed by atoms with Crippen molar-refractivity contribution >= 4 is 21.6 Å². The van der Waals surface area contributed by atoms with Gasteiger partial charge in [-0.25, -0.2) is 13.4 Å². The van der Waals surface area contributed by atoms with Crippen LogP contribution in [0.3, 0.4) is 0 Å². The lowest BCUT2D eigenvalue weighted by atomic mass is 10.1. The molecule has 0 aliphatic carbocycles. The van der Waals surface area contributed by atoms with E-state index in [-0.39, 0.29) is 11.8 Å². The van der Waals surface area contributed by atoms with Gasteiger partial charge in [0, 0.05) is 24.2 Å². The van der Waals surface area contributed by atoms with Gasteiger partial charge >= 0.3 is 0 Å². The third-order valence-electron chi connectivity index (χ3n) is 2.52. The SMILES string of the molecule is CCC(N)Cc1ccc(SCCS(C)(=O)=O)nc1. The minimum Gasteiger partial charge on any atom is -0.327 e. The maximum Gasteiger partial charge on any atom is 0.148 e. The third-order valence-corrected chi connectivity index (χ3v) is 4.67. The molecule has 0 aromatic carbocycles. The van der Waals surface area contributed by atoms with Crippen LogP contribution >= 0.6 is 11.8 Å². The van der Waals surface area contributed by atoms with Gasteiger partial charge in [-0.15, -0.1) is 11.8 Å². The van der Waals surface area contributed by atoms with Gasteiger partial charge in [0.25, 0.3) is 0 Å². The molecule has 1 unspecified atom stereocenters. The van der Waals surface area contributed by atoms with Crippen molar-refractivity contribution in [1.82, 2.24) is 4.98 Å². The first-order chi connectivity index (χ1) is 8.40. The normalized spacial score (nSPS) is 13.5. The summed E-state index contributed by atoms with van der Waals surface area (Å²) in [7, 11) is -2.89. The minimum absolute atomic E-state index is 0.176. The summed E-state index contributed by atoms with van der Waals surface area (Å²) in [6.45, 7) is 2.06. The van der Waals surface area contributed by atoms with Gasteiger partial charge in [0.1, 0.15) is 9.84 Å². The number of nitrogens with zero attached hydrogens (tertiary/aromatic N) is 1. The van der Waals surface area contributed by atoms with Gasteiger partial charge in [0.05, 0.1) is 10.8 Å². The zero-order chi connectivity index (χ0) is 13.6. The van der Waals surface area contributed by atoms with Crippen LogP contribution in [0, 0.1) is 0 Å². The van der Waals surface area contributed by atoms with Crippen LogP contribution in [0.25, 0.3) is 0 Å². The highest BCUT2D eigenvalue weighted by atomic mass is 32.2. The molecule has 4 nitrogen and oxygen atoms in total. The summed E-state index contributed by atoms with van der Waals surface area (Å²) in [5.41, 5.74) is 6.99. The predicted octanol–water partition coefficient (Wildman–Crippen LogP) is 1.50. The number of aromatic nitrogens is 1. The molecule has 0 amide bonds. The van der Waals surface area contributed by atoms with E-state index in [0.717, 1.165) is 23.4 Å². The predicted molar refractivity (Wildman–Crippen MR) is 76.6 cm³/mol. The van der Waals surface area contributed by atoms with Crippen LogP contribution in [-0.4, -0.2) is 37.2 Å². The van der Waals surface area contributed by atoms with E-state index in [9.17, 15) is 8.42 Å². The van der Waals surface area contributed by atoms with E-state index < -0.39 is 9.84 Å². The number of pyridine rings is 1. The van der Waals surface area contributed by atoms with E-state index in [0.29, 0.717) is 5.75 Å². The molecule has 0 aliphatic heterocycles. The number of nitrogens with two attached hydrogens (primary N) is 1. The lowest BCUT2D eigenvalue weighted by molar-refractivity contribution is 0.603. The minimum atomic E-state index is -2.89. The summed E-state index contributed by atoms with van der Waals surface area (Å²) in [6, 6.07) is 4.10. The van der Waals surface area contributed by atoms with Crippen LogP contribution in [0.2, 0.25) is 0 Å². The molecule has 0 spiro atoms. The molecule has 2 N–H and O–H groups in total. The van der Waals surface area contributed by atoms with Gasteiger partial charge in [0.15, 0.2) is 0 Å². The van der Waals surface area contributed by atoms with Crippen LogP contribution < -0.4 is 5.73 Å².